The van der Waals surface area contributed by atoms with Gasteiger partial charge in [0, 0.05) is 13.1 Å². The van der Waals surface area contributed by atoms with Gasteiger partial charge in [0.25, 0.3) is 0 Å². The SMILES string of the molecule is CCCCCCCN(CCC(=O)O)c1ccccc1Cl. The first-order valence-electron chi connectivity index (χ1n) is 7.36. The van der Waals surface area contributed by atoms with Crippen LogP contribution < -0.4 is 4.90 Å². The first-order valence-corrected chi connectivity index (χ1v) is 7.74. The molecule has 0 bridgehead atoms. The highest BCUT2D eigenvalue weighted by Crippen LogP contribution is 2.25. The van der Waals surface area contributed by atoms with Gasteiger partial charge < -0.3 is 10.0 Å². The van der Waals surface area contributed by atoms with E-state index in [4.69, 9.17) is 16.7 Å². The number of aliphatic carboxylic acids is 1. The van der Waals surface area contributed by atoms with Crippen LogP contribution in [0.25, 0.3) is 0 Å². The molecule has 0 radical (unpaired) electrons. The Hall–Kier alpha value is -1.22. The summed E-state index contributed by atoms with van der Waals surface area (Å²) >= 11 is 6.21. The fraction of sp³-hybridized carbons (Fsp3) is 0.562. The van der Waals surface area contributed by atoms with Crippen molar-refractivity contribution in [1.82, 2.24) is 0 Å². The zero-order chi connectivity index (χ0) is 14.8. The summed E-state index contributed by atoms with van der Waals surface area (Å²) in [6.45, 7) is 3.57. The molecule has 0 saturated heterocycles. The number of carboxylic acid groups (broad SMARTS) is 1. The zero-order valence-corrected chi connectivity index (χ0v) is 12.9. The Morgan fingerprint density at radius 3 is 2.50 bits per heavy atom. The van der Waals surface area contributed by atoms with Crippen molar-refractivity contribution < 1.29 is 9.90 Å². The summed E-state index contributed by atoms with van der Waals surface area (Å²) in [5, 5.41) is 9.55. The molecule has 1 aromatic carbocycles. The van der Waals surface area contributed by atoms with Gasteiger partial charge in [-0.05, 0) is 18.6 Å². The third-order valence-electron chi connectivity index (χ3n) is 3.32. The van der Waals surface area contributed by atoms with E-state index in [1.807, 2.05) is 24.3 Å². The highest BCUT2D eigenvalue weighted by Gasteiger charge is 2.11. The molecular weight excluding hydrogens is 274 g/mol. The summed E-state index contributed by atoms with van der Waals surface area (Å²) in [4.78, 5) is 12.9. The van der Waals surface area contributed by atoms with Gasteiger partial charge in [0.15, 0.2) is 0 Å². The lowest BCUT2D eigenvalue weighted by molar-refractivity contribution is -0.136. The maximum absolute atomic E-state index is 10.8. The molecule has 0 atom stereocenters. The number of halogens is 1. The molecular formula is C16H24ClNO2. The van der Waals surface area contributed by atoms with Gasteiger partial charge in [0.1, 0.15) is 0 Å². The minimum absolute atomic E-state index is 0.139. The minimum atomic E-state index is -0.770. The molecule has 1 rings (SSSR count). The second kappa shape index (κ2) is 9.65. The number of hydrogen-bond acceptors (Lipinski definition) is 2. The van der Waals surface area contributed by atoms with Crippen molar-refractivity contribution in [3.05, 3.63) is 29.3 Å². The summed E-state index contributed by atoms with van der Waals surface area (Å²) in [5.41, 5.74) is 0.936. The smallest absolute Gasteiger partial charge is 0.305 e. The van der Waals surface area contributed by atoms with Crippen molar-refractivity contribution in [1.29, 1.82) is 0 Å². The van der Waals surface area contributed by atoms with Gasteiger partial charge >= 0.3 is 5.97 Å². The first-order chi connectivity index (χ1) is 9.65. The fourth-order valence-electron chi connectivity index (χ4n) is 2.20. The van der Waals surface area contributed by atoms with Crippen LogP contribution in [-0.2, 0) is 4.79 Å². The standard InChI is InChI=1S/C16H24ClNO2/c1-2-3-4-5-8-12-18(13-11-16(19)20)15-10-7-6-9-14(15)17/h6-7,9-10H,2-5,8,11-13H2,1H3,(H,19,20). The summed E-state index contributed by atoms with van der Waals surface area (Å²) in [7, 11) is 0. The predicted octanol–water partition coefficient (Wildman–Crippen LogP) is 4.59. The lowest BCUT2D eigenvalue weighted by atomic mass is 10.1. The molecule has 3 nitrogen and oxygen atoms in total. The summed E-state index contributed by atoms with van der Waals surface area (Å²) in [6, 6.07) is 7.63. The molecule has 0 unspecified atom stereocenters. The Morgan fingerprint density at radius 2 is 1.85 bits per heavy atom. The van der Waals surface area contributed by atoms with Crippen LogP contribution >= 0.6 is 11.6 Å². The number of carboxylic acids is 1. The van der Waals surface area contributed by atoms with Crippen LogP contribution in [0.3, 0.4) is 0 Å². The number of nitrogens with zero attached hydrogens (tertiary/aromatic N) is 1. The molecule has 0 aliphatic carbocycles. The van der Waals surface area contributed by atoms with E-state index in [0.717, 1.165) is 18.7 Å². The number of anilines is 1. The number of para-hydroxylation sites is 1. The lowest BCUT2D eigenvalue weighted by Gasteiger charge is -2.25. The summed E-state index contributed by atoms with van der Waals surface area (Å²) in [6.07, 6.45) is 6.13. The molecule has 0 fully saturated rings. The van der Waals surface area contributed by atoms with E-state index in [0.29, 0.717) is 11.6 Å². The Kier molecular flexibility index (Phi) is 8.12. The quantitative estimate of drug-likeness (QED) is 0.642. The Morgan fingerprint density at radius 1 is 1.15 bits per heavy atom. The number of benzene rings is 1. The van der Waals surface area contributed by atoms with Gasteiger partial charge in [0.2, 0.25) is 0 Å². The number of unbranched alkanes of at least 4 members (excludes halogenated alkanes) is 4. The van der Waals surface area contributed by atoms with Gasteiger partial charge in [-0.2, -0.15) is 0 Å². The van der Waals surface area contributed by atoms with E-state index < -0.39 is 5.97 Å². The second-order valence-electron chi connectivity index (χ2n) is 5.00. The molecule has 0 aliphatic heterocycles. The molecule has 0 aromatic heterocycles. The molecule has 1 N–H and O–H groups in total. The van der Waals surface area contributed by atoms with E-state index in [9.17, 15) is 4.79 Å². The minimum Gasteiger partial charge on any atom is -0.481 e. The first kappa shape index (κ1) is 16.8. The Bertz CT molecular complexity index is 409. The van der Waals surface area contributed by atoms with Crippen LogP contribution in [0.4, 0.5) is 5.69 Å². The van der Waals surface area contributed by atoms with Crippen LogP contribution in [0.5, 0.6) is 0 Å². The molecule has 0 aliphatic rings. The summed E-state index contributed by atoms with van der Waals surface area (Å²) < 4.78 is 0. The van der Waals surface area contributed by atoms with E-state index in [1.54, 1.807) is 0 Å². The van der Waals surface area contributed by atoms with Crippen molar-refractivity contribution in [2.75, 3.05) is 18.0 Å². The molecule has 0 heterocycles. The van der Waals surface area contributed by atoms with Crippen molar-refractivity contribution in [3.8, 4) is 0 Å². The van der Waals surface area contributed by atoms with Crippen molar-refractivity contribution in [3.63, 3.8) is 0 Å². The Balaban J connectivity index is 2.56. The van der Waals surface area contributed by atoms with E-state index in [-0.39, 0.29) is 6.42 Å². The highest BCUT2D eigenvalue weighted by atomic mass is 35.5. The van der Waals surface area contributed by atoms with E-state index >= 15 is 0 Å². The van der Waals surface area contributed by atoms with Crippen LogP contribution in [-0.4, -0.2) is 24.2 Å². The second-order valence-corrected chi connectivity index (χ2v) is 5.40. The van der Waals surface area contributed by atoms with Crippen LogP contribution in [0, 0.1) is 0 Å². The maximum atomic E-state index is 10.8. The molecule has 112 valence electrons. The third-order valence-corrected chi connectivity index (χ3v) is 3.64. The van der Waals surface area contributed by atoms with Gasteiger partial charge in [-0.15, -0.1) is 0 Å². The van der Waals surface area contributed by atoms with E-state index in [2.05, 4.69) is 11.8 Å². The highest BCUT2D eigenvalue weighted by molar-refractivity contribution is 6.33. The van der Waals surface area contributed by atoms with Crippen LogP contribution in [0.2, 0.25) is 5.02 Å². The molecule has 0 saturated carbocycles. The third kappa shape index (κ3) is 6.29. The fourth-order valence-corrected chi connectivity index (χ4v) is 2.45. The van der Waals surface area contributed by atoms with Gasteiger partial charge in [-0.1, -0.05) is 56.3 Å². The Labute approximate surface area is 126 Å². The van der Waals surface area contributed by atoms with E-state index in [1.165, 1.54) is 25.7 Å². The molecule has 0 amide bonds. The normalized spacial score (nSPS) is 10.5. The monoisotopic (exact) mass is 297 g/mol. The van der Waals surface area contributed by atoms with Gasteiger partial charge in [-0.25, -0.2) is 0 Å². The average molecular weight is 298 g/mol. The van der Waals surface area contributed by atoms with Crippen molar-refractivity contribution in [2.24, 2.45) is 0 Å². The van der Waals surface area contributed by atoms with Crippen molar-refractivity contribution >= 4 is 23.3 Å². The van der Waals surface area contributed by atoms with Gasteiger partial charge in [0.05, 0.1) is 17.1 Å². The molecule has 4 heteroatoms. The summed E-state index contributed by atoms with van der Waals surface area (Å²) in [5.74, 6) is -0.770. The molecule has 20 heavy (non-hydrogen) atoms. The zero-order valence-electron chi connectivity index (χ0n) is 12.1. The number of rotatable bonds is 10. The predicted molar refractivity (Wildman–Crippen MR) is 84.7 cm³/mol. The van der Waals surface area contributed by atoms with Crippen molar-refractivity contribution in [2.45, 2.75) is 45.4 Å². The lowest BCUT2D eigenvalue weighted by Crippen LogP contribution is -2.27. The topological polar surface area (TPSA) is 40.5 Å². The average Bonchev–Trinajstić information content (AvgIpc) is 2.43. The van der Waals surface area contributed by atoms with Crippen LogP contribution in [0.15, 0.2) is 24.3 Å². The molecule has 1 aromatic rings. The maximum Gasteiger partial charge on any atom is 0.305 e. The largest absolute Gasteiger partial charge is 0.481 e. The number of hydrogen-bond donors (Lipinski definition) is 1. The van der Waals surface area contributed by atoms with Gasteiger partial charge in [-0.3, -0.25) is 4.79 Å². The van der Waals surface area contributed by atoms with Crippen LogP contribution in [0.1, 0.15) is 45.4 Å². The molecule has 0 spiro atoms. The number of carbonyl (C=O) groups is 1.